The van der Waals surface area contributed by atoms with Crippen molar-refractivity contribution in [3.05, 3.63) is 64.0 Å². The van der Waals surface area contributed by atoms with Crippen LogP contribution in [0.4, 0.5) is 15.8 Å². The number of hydrogen-bond acceptors (Lipinski definition) is 8. The van der Waals surface area contributed by atoms with Crippen molar-refractivity contribution in [1.29, 1.82) is 0 Å². The Balaban J connectivity index is 1.93. The van der Waals surface area contributed by atoms with Gasteiger partial charge in [-0.2, -0.15) is 4.39 Å². The Morgan fingerprint density at radius 3 is 2.70 bits per heavy atom. The zero-order valence-electron chi connectivity index (χ0n) is 16.3. The summed E-state index contributed by atoms with van der Waals surface area (Å²) in [4.78, 5) is 21.1. The Labute approximate surface area is 171 Å². The minimum absolute atomic E-state index is 0.0189. The molecule has 160 valence electrons. The van der Waals surface area contributed by atoms with Crippen molar-refractivity contribution in [3.8, 4) is 11.5 Å². The molecule has 0 saturated heterocycles. The quantitative estimate of drug-likeness (QED) is 0.261. The number of benzene rings is 2. The minimum atomic E-state index is -0.960. The van der Waals surface area contributed by atoms with Gasteiger partial charge in [0.05, 0.1) is 19.1 Å². The van der Waals surface area contributed by atoms with Crippen LogP contribution in [0.15, 0.2) is 42.5 Å². The number of anilines is 1. The Morgan fingerprint density at radius 2 is 2.03 bits per heavy atom. The topological polar surface area (TPSA) is 120 Å². The molecule has 10 heteroatoms. The molecule has 0 aromatic heterocycles. The fraction of sp³-hybridized carbons (Fsp3) is 0.250. The first-order chi connectivity index (χ1) is 14.3. The van der Waals surface area contributed by atoms with E-state index in [9.17, 15) is 24.4 Å². The first kappa shape index (κ1) is 22.6. The van der Waals surface area contributed by atoms with Gasteiger partial charge in [-0.05, 0) is 35.9 Å². The summed E-state index contributed by atoms with van der Waals surface area (Å²) in [5.74, 6) is -0.650. The summed E-state index contributed by atoms with van der Waals surface area (Å²) in [6, 6.07) is 8.33. The number of nitro benzene ring substituents is 1. The highest BCUT2D eigenvalue weighted by Gasteiger charge is 2.15. The van der Waals surface area contributed by atoms with Gasteiger partial charge in [-0.25, -0.2) is 4.79 Å². The van der Waals surface area contributed by atoms with Crippen LogP contribution in [0.3, 0.4) is 0 Å². The summed E-state index contributed by atoms with van der Waals surface area (Å²) in [5, 5.41) is 23.7. The number of nitrogens with one attached hydrogen (secondary N) is 1. The number of esters is 1. The van der Waals surface area contributed by atoms with Crippen molar-refractivity contribution in [2.45, 2.75) is 6.10 Å². The van der Waals surface area contributed by atoms with E-state index >= 15 is 0 Å². The fourth-order valence-electron chi connectivity index (χ4n) is 2.38. The lowest BCUT2D eigenvalue weighted by atomic mass is 10.2. The van der Waals surface area contributed by atoms with Gasteiger partial charge >= 0.3 is 11.7 Å². The number of aliphatic hydroxyl groups excluding tert-OH is 1. The molecule has 0 aliphatic carbocycles. The van der Waals surface area contributed by atoms with Crippen LogP contribution < -0.4 is 14.8 Å². The first-order valence-electron chi connectivity index (χ1n) is 8.76. The van der Waals surface area contributed by atoms with Crippen LogP contribution in [0.2, 0.25) is 0 Å². The maximum Gasteiger partial charge on any atom is 0.330 e. The number of methoxy groups -OCH3 is 2. The van der Waals surface area contributed by atoms with Gasteiger partial charge in [-0.15, -0.1) is 0 Å². The second-order valence-electron chi connectivity index (χ2n) is 6.04. The Kier molecular flexibility index (Phi) is 8.12. The Hall–Kier alpha value is -3.66. The van der Waals surface area contributed by atoms with Crippen LogP contribution in [0, 0.1) is 15.9 Å². The number of nitro groups is 1. The second kappa shape index (κ2) is 10.8. The molecule has 0 saturated carbocycles. The molecule has 0 fully saturated rings. The molecule has 30 heavy (non-hydrogen) atoms. The van der Waals surface area contributed by atoms with Crippen LogP contribution >= 0.6 is 0 Å². The number of nitrogens with zero attached hydrogens (tertiary/aromatic N) is 1. The summed E-state index contributed by atoms with van der Waals surface area (Å²) < 4.78 is 28.7. The molecule has 1 atom stereocenters. The third-order valence-corrected chi connectivity index (χ3v) is 3.92. The number of ether oxygens (including phenoxy) is 3. The molecule has 0 spiro atoms. The lowest BCUT2D eigenvalue weighted by Crippen LogP contribution is -2.26. The van der Waals surface area contributed by atoms with Crippen LogP contribution in [0.1, 0.15) is 5.56 Å². The molecule has 2 aromatic rings. The van der Waals surface area contributed by atoms with Crippen LogP contribution in [0.25, 0.3) is 6.08 Å². The van der Waals surface area contributed by atoms with E-state index in [0.717, 1.165) is 12.1 Å². The number of carbonyl (C=O) groups is 1. The van der Waals surface area contributed by atoms with E-state index in [4.69, 9.17) is 9.47 Å². The smallest absolute Gasteiger partial charge is 0.330 e. The van der Waals surface area contributed by atoms with Crippen molar-refractivity contribution in [3.63, 3.8) is 0 Å². The van der Waals surface area contributed by atoms with Crippen molar-refractivity contribution < 1.29 is 33.4 Å². The van der Waals surface area contributed by atoms with Gasteiger partial charge in [0, 0.05) is 24.4 Å². The van der Waals surface area contributed by atoms with Gasteiger partial charge < -0.3 is 24.6 Å². The van der Waals surface area contributed by atoms with Crippen molar-refractivity contribution in [2.24, 2.45) is 0 Å². The fourth-order valence-corrected chi connectivity index (χ4v) is 2.38. The second-order valence-corrected chi connectivity index (χ2v) is 6.04. The third-order valence-electron chi connectivity index (χ3n) is 3.92. The molecule has 9 nitrogen and oxygen atoms in total. The summed E-state index contributed by atoms with van der Waals surface area (Å²) >= 11 is 0. The van der Waals surface area contributed by atoms with Crippen molar-refractivity contribution in [1.82, 2.24) is 0 Å². The predicted octanol–water partition coefficient (Wildman–Crippen LogP) is 2.78. The van der Waals surface area contributed by atoms with Crippen molar-refractivity contribution >= 4 is 23.4 Å². The average Bonchev–Trinajstić information content (AvgIpc) is 2.75. The Bertz CT molecular complexity index is 933. The maximum atomic E-state index is 13.4. The molecule has 0 aliphatic heterocycles. The van der Waals surface area contributed by atoms with Gasteiger partial charge in [0.15, 0.2) is 11.5 Å². The minimum Gasteiger partial charge on any atom is -0.493 e. The SMILES string of the molecule is COC(=O)/C=C/c1ccc(OCC(O)CNc2ccc(F)c([N+](=O)[O-])c2)c(OC)c1. The molecule has 0 aliphatic rings. The predicted molar refractivity (Wildman–Crippen MR) is 107 cm³/mol. The molecule has 2 rings (SSSR count). The van der Waals surface area contributed by atoms with Gasteiger partial charge in [-0.1, -0.05) is 6.07 Å². The molecule has 0 radical (unpaired) electrons. The van der Waals surface area contributed by atoms with E-state index in [1.807, 2.05) is 0 Å². The molecule has 0 amide bonds. The van der Waals surface area contributed by atoms with E-state index in [2.05, 4.69) is 10.1 Å². The molecule has 2 N–H and O–H groups in total. The lowest BCUT2D eigenvalue weighted by molar-refractivity contribution is -0.387. The van der Waals surface area contributed by atoms with Crippen molar-refractivity contribution in [2.75, 3.05) is 32.7 Å². The molecule has 1 unspecified atom stereocenters. The van der Waals surface area contributed by atoms with Crippen LogP contribution in [-0.2, 0) is 9.53 Å². The molecular weight excluding hydrogens is 399 g/mol. The maximum absolute atomic E-state index is 13.4. The van der Waals surface area contributed by atoms with E-state index in [1.165, 1.54) is 26.4 Å². The number of rotatable bonds is 10. The largest absolute Gasteiger partial charge is 0.493 e. The summed E-state index contributed by atoms with van der Waals surface area (Å²) in [7, 11) is 2.73. The van der Waals surface area contributed by atoms with Gasteiger partial charge in [0.1, 0.15) is 12.7 Å². The zero-order chi connectivity index (χ0) is 22.1. The molecular formula is C20H21FN2O7. The van der Waals surface area contributed by atoms with E-state index in [0.29, 0.717) is 22.7 Å². The third kappa shape index (κ3) is 6.45. The molecule has 2 aromatic carbocycles. The number of aliphatic hydroxyl groups is 1. The van der Waals surface area contributed by atoms with Gasteiger partial charge in [-0.3, -0.25) is 10.1 Å². The normalized spacial score (nSPS) is 11.7. The Morgan fingerprint density at radius 1 is 1.27 bits per heavy atom. The van der Waals surface area contributed by atoms with Gasteiger partial charge in [0.25, 0.3) is 0 Å². The number of carbonyl (C=O) groups excluding carboxylic acids is 1. The van der Waals surface area contributed by atoms with Gasteiger partial charge in [0.2, 0.25) is 5.82 Å². The monoisotopic (exact) mass is 420 g/mol. The highest BCUT2D eigenvalue weighted by molar-refractivity contribution is 5.87. The van der Waals surface area contributed by atoms with Crippen LogP contribution in [-0.4, -0.2) is 49.5 Å². The number of halogens is 1. The molecule has 0 heterocycles. The van der Waals surface area contributed by atoms with E-state index < -0.39 is 28.5 Å². The average molecular weight is 420 g/mol. The zero-order valence-corrected chi connectivity index (χ0v) is 16.3. The van der Waals surface area contributed by atoms with E-state index in [1.54, 1.807) is 24.3 Å². The first-order valence-corrected chi connectivity index (χ1v) is 8.76. The highest BCUT2D eigenvalue weighted by Crippen LogP contribution is 2.29. The lowest BCUT2D eigenvalue weighted by Gasteiger charge is -2.16. The highest BCUT2D eigenvalue weighted by atomic mass is 19.1. The van der Waals surface area contributed by atoms with Crippen LogP contribution in [0.5, 0.6) is 11.5 Å². The summed E-state index contributed by atoms with van der Waals surface area (Å²) in [5.41, 5.74) is 0.322. The summed E-state index contributed by atoms with van der Waals surface area (Å²) in [6.07, 6.45) is 1.86. The number of hydrogen-bond donors (Lipinski definition) is 2. The standard InChI is InChI=1S/C20H21FN2O7/c1-28-19-9-13(4-8-20(25)29-2)3-7-18(19)30-12-15(24)11-22-14-5-6-16(21)17(10-14)23(26)27/h3-10,15,22,24H,11-12H2,1-2H3/b8-4+. The van der Waals surface area contributed by atoms with E-state index in [-0.39, 0.29) is 13.2 Å². The summed E-state index contributed by atoms with van der Waals surface area (Å²) in [6.45, 7) is -0.0744. The molecule has 0 bridgehead atoms.